The lowest BCUT2D eigenvalue weighted by Gasteiger charge is -2.18. The van der Waals surface area contributed by atoms with Crippen molar-refractivity contribution in [2.24, 2.45) is 5.73 Å². The molecule has 1 aliphatic carbocycles. The smallest absolute Gasteiger partial charge is 0.298 e. The van der Waals surface area contributed by atoms with Crippen molar-refractivity contribution in [3.63, 3.8) is 0 Å². The van der Waals surface area contributed by atoms with E-state index in [1.807, 2.05) is 10.9 Å². The maximum atomic E-state index is 12.4. The van der Waals surface area contributed by atoms with Crippen LogP contribution in [0.15, 0.2) is 36.7 Å². The van der Waals surface area contributed by atoms with Crippen LogP contribution >= 0.6 is 0 Å². The fourth-order valence-electron chi connectivity index (χ4n) is 5.00. The third-order valence-corrected chi connectivity index (χ3v) is 7.01. The number of hydrogen-bond acceptors (Lipinski definition) is 5. The number of nitrogens with two attached hydrogens (primary N) is 2. The van der Waals surface area contributed by atoms with E-state index in [1.54, 1.807) is 22.7 Å². The van der Waals surface area contributed by atoms with Crippen LogP contribution < -0.4 is 11.5 Å². The van der Waals surface area contributed by atoms with Crippen LogP contribution in [0.1, 0.15) is 72.5 Å². The first-order chi connectivity index (χ1) is 17.4. The summed E-state index contributed by atoms with van der Waals surface area (Å²) < 4.78 is 3.54. The molecule has 3 heterocycles. The highest BCUT2D eigenvalue weighted by atomic mass is 16.2. The number of nitrogens with zero attached hydrogens (tertiary/aromatic N) is 5. The van der Waals surface area contributed by atoms with Gasteiger partial charge in [0.15, 0.2) is 0 Å². The van der Waals surface area contributed by atoms with Crippen molar-refractivity contribution in [3.8, 4) is 23.1 Å². The van der Waals surface area contributed by atoms with Crippen LogP contribution in [0.5, 0.6) is 0 Å². The summed E-state index contributed by atoms with van der Waals surface area (Å²) in [6, 6.07) is 8.57. The van der Waals surface area contributed by atoms with Crippen molar-refractivity contribution in [1.82, 2.24) is 24.5 Å². The van der Waals surface area contributed by atoms with Gasteiger partial charge in [-0.3, -0.25) is 14.3 Å². The summed E-state index contributed by atoms with van der Waals surface area (Å²) in [4.78, 5) is 26.4. The van der Waals surface area contributed by atoms with E-state index < -0.39 is 5.91 Å². The molecule has 0 bridgehead atoms. The zero-order chi connectivity index (χ0) is 25.2. The van der Waals surface area contributed by atoms with E-state index >= 15 is 0 Å². The lowest BCUT2D eigenvalue weighted by atomic mass is 10.1. The highest BCUT2D eigenvalue weighted by Gasteiger charge is 2.28. The van der Waals surface area contributed by atoms with Gasteiger partial charge in [-0.25, -0.2) is 4.68 Å². The number of likely N-dealkylation sites (tertiary alicyclic amines) is 1. The number of carbonyl (C=O) groups is 2. The van der Waals surface area contributed by atoms with Crippen LogP contribution in [0.4, 0.5) is 5.82 Å². The van der Waals surface area contributed by atoms with Gasteiger partial charge in [0, 0.05) is 24.8 Å². The number of hydrogen-bond donors (Lipinski definition) is 2. The number of carbonyl (C=O) groups excluding carboxylic acids is 2. The van der Waals surface area contributed by atoms with Crippen molar-refractivity contribution < 1.29 is 9.59 Å². The molecule has 36 heavy (non-hydrogen) atoms. The predicted octanol–water partition coefficient (Wildman–Crippen LogP) is 2.93. The summed E-state index contributed by atoms with van der Waals surface area (Å²) in [6.07, 6.45) is 8.33. The van der Waals surface area contributed by atoms with E-state index in [4.69, 9.17) is 16.6 Å². The van der Waals surface area contributed by atoms with Crippen molar-refractivity contribution >= 4 is 17.6 Å². The molecular weight excluding hydrogens is 454 g/mol. The lowest BCUT2D eigenvalue weighted by molar-refractivity contribution is -0.125. The first-order valence-electron chi connectivity index (χ1n) is 12.5. The second-order valence-electron chi connectivity index (χ2n) is 9.62. The summed E-state index contributed by atoms with van der Waals surface area (Å²) in [6.45, 7) is 3.46. The zero-order valence-corrected chi connectivity index (χ0v) is 20.5. The Bertz CT molecular complexity index is 1360. The molecule has 9 nitrogen and oxygen atoms in total. The van der Waals surface area contributed by atoms with Crippen LogP contribution in [0, 0.1) is 11.8 Å². The minimum atomic E-state index is -0.623. The monoisotopic (exact) mass is 485 g/mol. The average Bonchev–Trinajstić information content (AvgIpc) is 3.58. The molecule has 1 aliphatic heterocycles. The standard InChI is InChI=1S/C27H31N7O2/c1-2-5-23(35)32-12-4-8-22(11-13-32)34-26(28)24(27(29)36)25(31-34)21-15-30-33(17-21)16-18-6-3-7-20(14-18)19-9-10-19/h3,6-7,14-15,17,19,22H,4,8-13,16,28H2,1H3,(H2,29,36)/t22-/m0/s1. The van der Waals surface area contributed by atoms with E-state index in [0.717, 1.165) is 12.8 Å². The van der Waals surface area contributed by atoms with Gasteiger partial charge in [-0.05, 0) is 62.0 Å². The second-order valence-corrected chi connectivity index (χ2v) is 9.62. The zero-order valence-electron chi connectivity index (χ0n) is 20.5. The van der Waals surface area contributed by atoms with Gasteiger partial charge in [0.2, 0.25) is 0 Å². The minimum absolute atomic E-state index is 0.0514. The molecule has 4 N–H and O–H groups in total. The van der Waals surface area contributed by atoms with Gasteiger partial charge >= 0.3 is 0 Å². The molecule has 0 unspecified atom stereocenters. The highest BCUT2D eigenvalue weighted by Crippen LogP contribution is 2.40. The number of anilines is 1. The molecule has 2 amide bonds. The topological polar surface area (TPSA) is 125 Å². The number of benzene rings is 1. The Labute approximate surface area is 210 Å². The van der Waals surface area contributed by atoms with Crippen molar-refractivity contribution in [1.29, 1.82) is 0 Å². The molecular formula is C27H31N7O2. The summed E-state index contributed by atoms with van der Waals surface area (Å²) in [5.74, 6) is 5.43. The van der Waals surface area contributed by atoms with E-state index in [2.05, 4.69) is 41.2 Å². The molecule has 1 saturated carbocycles. The average molecular weight is 486 g/mol. The Morgan fingerprint density at radius 1 is 1.17 bits per heavy atom. The number of aromatic nitrogens is 4. The van der Waals surface area contributed by atoms with Crippen molar-refractivity contribution in [3.05, 3.63) is 53.3 Å². The van der Waals surface area contributed by atoms with Gasteiger partial charge in [0.1, 0.15) is 17.1 Å². The quantitative estimate of drug-likeness (QED) is 0.520. The normalized spacial score (nSPS) is 17.8. The molecule has 1 saturated heterocycles. The predicted molar refractivity (Wildman–Crippen MR) is 137 cm³/mol. The van der Waals surface area contributed by atoms with Crippen LogP contribution in [-0.4, -0.2) is 49.4 Å². The fourth-order valence-corrected chi connectivity index (χ4v) is 5.00. The molecule has 2 fully saturated rings. The van der Waals surface area contributed by atoms with Gasteiger partial charge in [-0.2, -0.15) is 10.2 Å². The molecule has 0 spiro atoms. The largest absolute Gasteiger partial charge is 0.383 e. The van der Waals surface area contributed by atoms with Crippen molar-refractivity contribution in [2.75, 3.05) is 18.8 Å². The molecule has 1 aromatic carbocycles. The van der Waals surface area contributed by atoms with Crippen LogP contribution in [0.25, 0.3) is 11.3 Å². The maximum absolute atomic E-state index is 12.4. The number of amides is 2. The Hall–Kier alpha value is -4.06. The molecule has 9 heteroatoms. The minimum Gasteiger partial charge on any atom is -0.383 e. The van der Waals surface area contributed by atoms with Gasteiger partial charge < -0.3 is 16.4 Å². The SMILES string of the molecule is CC#CC(=O)N1CCC[C@H](n2nc(-c3cnn(Cc4cccc(C5CC5)c4)c3)c(C(N)=O)c2N)CC1. The third-order valence-electron chi connectivity index (χ3n) is 7.01. The first-order valence-corrected chi connectivity index (χ1v) is 12.5. The van der Waals surface area contributed by atoms with Crippen LogP contribution in [0.2, 0.25) is 0 Å². The maximum Gasteiger partial charge on any atom is 0.298 e. The molecule has 3 aromatic rings. The Kier molecular flexibility index (Phi) is 6.51. The van der Waals surface area contributed by atoms with Gasteiger partial charge in [0.05, 0.1) is 18.8 Å². The number of nitrogen functional groups attached to an aromatic ring is 1. The molecule has 2 aliphatic rings. The first kappa shape index (κ1) is 23.7. The summed E-state index contributed by atoms with van der Waals surface area (Å²) >= 11 is 0. The summed E-state index contributed by atoms with van der Waals surface area (Å²) in [5, 5.41) is 9.25. The van der Waals surface area contributed by atoms with E-state index in [-0.39, 0.29) is 23.3 Å². The highest BCUT2D eigenvalue weighted by molar-refractivity contribution is 6.03. The van der Waals surface area contributed by atoms with E-state index in [0.29, 0.717) is 43.2 Å². The molecule has 0 radical (unpaired) electrons. The Morgan fingerprint density at radius 2 is 2.00 bits per heavy atom. The van der Waals surface area contributed by atoms with Gasteiger partial charge in [-0.15, -0.1) is 0 Å². The van der Waals surface area contributed by atoms with Gasteiger partial charge in [-0.1, -0.05) is 30.2 Å². The van der Waals surface area contributed by atoms with Crippen LogP contribution in [0.3, 0.4) is 0 Å². The summed E-state index contributed by atoms with van der Waals surface area (Å²) in [5.41, 5.74) is 16.1. The third kappa shape index (κ3) is 4.85. The second kappa shape index (κ2) is 9.90. The molecule has 5 rings (SSSR count). The van der Waals surface area contributed by atoms with E-state index in [1.165, 1.54) is 24.0 Å². The Balaban J connectivity index is 1.38. The van der Waals surface area contributed by atoms with Crippen LogP contribution in [-0.2, 0) is 11.3 Å². The number of rotatable bonds is 6. The molecule has 2 aromatic heterocycles. The Morgan fingerprint density at radius 3 is 2.75 bits per heavy atom. The fraction of sp³-hybridized carbons (Fsp3) is 0.407. The van der Waals surface area contributed by atoms with Crippen molar-refractivity contribution in [2.45, 2.75) is 57.5 Å². The summed E-state index contributed by atoms with van der Waals surface area (Å²) in [7, 11) is 0. The number of primary amides is 1. The van der Waals surface area contributed by atoms with Gasteiger partial charge in [0.25, 0.3) is 11.8 Å². The van der Waals surface area contributed by atoms with E-state index in [9.17, 15) is 9.59 Å². The molecule has 186 valence electrons. The lowest BCUT2D eigenvalue weighted by Crippen LogP contribution is -2.31. The molecule has 1 atom stereocenters.